The molecule has 1 saturated heterocycles. The number of ether oxygens (including phenoxy) is 2. The van der Waals surface area contributed by atoms with E-state index in [0.717, 1.165) is 36.8 Å². The van der Waals surface area contributed by atoms with Gasteiger partial charge in [-0.2, -0.15) is 4.98 Å². The van der Waals surface area contributed by atoms with Crippen molar-refractivity contribution in [3.63, 3.8) is 0 Å². The van der Waals surface area contributed by atoms with E-state index >= 15 is 0 Å². The number of aryl methyl sites for hydroxylation is 1. The Hall–Kier alpha value is -3.35. The van der Waals surface area contributed by atoms with Crippen LogP contribution in [0.2, 0.25) is 0 Å². The summed E-state index contributed by atoms with van der Waals surface area (Å²) in [6.07, 6.45) is 3.82. The standard InChI is InChI=1S/C24H27N3O4/c1-17-12-13-20(21(15-17)29-2)30-16-22(28)27-14-8-4-7-11-19(27)23-25-24(31-26-23)18-9-5-3-6-10-18/h3,5-6,9-10,12-13,15,19H,4,7-8,11,14,16H2,1-2H3/t19-/m0/s1. The molecule has 0 aliphatic carbocycles. The molecule has 31 heavy (non-hydrogen) atoms. The molecule has 162 valence electrons. The number of rotatable bonds is 6. The lowest BCUT2D eigenvalue weighted by atomic mass is 10.1. The van der Waals surface area contributed by atoms with Gasteiger partial charge in [-0.25, -0.2) is 0 Å². The van der Waals surface area contributed by atoms with Crippen LogP contribution in [0.15, 0.2) is 53.1 Å². The Morgan fingerprint density at radius 2 is 1.97 bits per heavy atom. The molecule has 0 spiro atoms. The van der Waals surface area contributed by atoms with Crippen molar-refractivity contribution in [1.29, 1.82) is 0 Å². The molecule has 0 radical (unpaired) electrons. The Labute approximate surface area is 182 Å². The van der Waals surface area contributed by atoms with Crippen molar-refractivity contribution in [2.45, 2.75) is 38.6 Å². The van der Waals surface area contributed by atoms with E-state index in [9.17, 15) is 4.79 Å². The van der Waals surface area contributed by atoms with Crippen LogP contribution in [-0.4, -0.2) is 41.2 Å². The third-order valence-electron chi connectivity index (χ3n) is 5.50. The number of benzene rings is 2. The van der Waals surface area contributed by atoms with Crippen molar-refractivity contribution >= 4 is 5.91 Å². The van der Waals surface area contributed by atoms with Gasteiger partial charge in [0.2, 0.25) is 0 Å². The lowest BCUT2D eigenvalue weighted by Crippen LogP contribution is -2.38. The van der Waals surface area contributed by atoms with Gasteiger partial charge in [0, 0.05) is 12.1 Å². The Morgan fingerprint density at radius 3 is 2.77 bits per heavy atom. The predicted octanol–water partition coefficient (Wildman–Crippen LogP) is 4.58. The van der Waals surface area contributed by atoms with Crippen LogP contribution in [0.1, 0.15) is 43.1 Å². The van der Waals surface area contributed by atoms with Crippen molar-refractivity contribution < 1.29 is 18.8 Å². The predicted molar refractivity (Wildman–Crippen MR) is 116 cm³/mol. The fourth-order valence-electron chi connectivity index (χ4n) is 3.86. The zero-order chi connectivity index (χ0) is 21.6. The third kappa shape index (κ3) is 4.87. The first-order valence-corrected chi connectivity index (χ1v) is 10.6. The highest BCUT2D eigenvalue weighted by molar-refractivity contribution is 5.78. The van der Waals surface area contributed by atoms with E-state index < -0.39 is 0 Å². The fourth-order valence-corrected chi connectivity index (χ4v) is 3.86. The molecule has 7 heteroatoms. The number of amides is 1. The molecule has 0 saturated carbocycles. The number of hydrogen-bond donors (Lipinski definition) is 0. The van der Waals surface area contributed by atoms with E-state index in [1.54, 1.807) is 7.11 Å². The summed E-state index contributed by atoms with van der Waals surface area (Å²) in [5, 5.41) is 4.21. The zero-order valence-electron chi connectivity index (χ0n) is 17.9. The quantitative estimate of drug-likeness (QED) is 0.580. The van der Waals surface area contributed by atoms with Gasteiger partial charge >= 0.3 is 0 Å². The number of carbonyl (C=O) groups excluding carboxylic acids is 1. The molecule has 3 aromatic rings. The Bertz CT molecular complexity index is 1020. The van der Waals surface area contributed by atoms with Gasteiger partial charge in [0.1, 0.15) is 0 Å². The highest BCUT2D eigenvalue weighted by atomic mass is 16.5. The molecule has 1 amide bonds. The molecular formula is C24H27N3O4. The smallest absolute Gasteiger partial charge is 0.261 e. The van der Waals surface area contributed by atoms with Crippen LogP contribution >= 0.6 is 0 Å². The Kier molecular flexibility index (Phi) is 6.50. The topological polar surface area (TPSA) is 77.7 Å². The summed E-state index contributed by atoms with van der Waals surface area (Å²) in [6, 6.07) is 15.1. The molecule has 1 atom stereocenters. The monoisotopic (exact) mass is 421 g/mol. The van der Waals surface area contributed by atoms with Gasteiger partial charge in [-0.05, 0) is 49.6 Å². The van der Waals surface area contributed by atoms with E-state index in [1.807, 2.05) is 60.4 Å². The van der Waals surface area contributed by atoms with Gasteiger partial charge in [-0.3, -0.25) is 4.79 Å². The second-order valence-corrected chi connectivity index (χ2v) is 7.72. The third-order valence-corrected chi connectivity index (χ3v) is 5.50. The average molecular weight is 421 g/mol. The van der Waals surface area contributed by atoms with Crippen molar-refractivity contribution in [1.82, 2.24) is 15.0 Å². The number of likely N-dealkylation sites (tertiary alicyclic amines) is 1. The van der Waals surface area contributed by atoms with Crippen LogP contribution in [-0.2, 0) is 4.79 Å². The molecule has 0 bridgehead atoms. The van der Waals surface area contributed by atoms with Gasteiger partial charge < -0.3 is 18.9 Å². The Balaban J connectivity index is 1.50. The first-order valence-electron chi connectivity index (χ1n) is 10.6. The highest BCUT2D eigenvalue weighted by Gasteiger charge is 2.31. The summed E-state index contributed by atoms with van der Waals surface area (Å²) in [4.78, 5) is 19.6. The second-order valence-electron chi connectivity index (χ2n) is 7.72. The first kappa shape index (κ1) is 20.9. The van der Waals surface area contributed by atoms with Crippen molar-refractivity contribution in [2.75, 3.05) is 20.3 Å². The molecule has 2 aromatic carbocycles. The van der Waals surface area contributed by atoms with Crippen molar-refractivity contribution in [3.8, 4) is 23.0 Å². The summed E-state index contributed by atoms with van der Waals surface area (Å²) in [5.41, 5.74) is 1.93. The first-order chi connectivity index (χ1) is 15.2. The van der Waals surface area contributed by atoms with Gasteiger partial charge in [0.15, 0.2) is 23.9 Å². The Morgan fingerprint density at radius 1 is 1.13 bits per heavy atom. The maximum Gasteiger partial charge on any atom is 0.261 e. The number of aromatic nitrogens is 2. The summed E-state index contributed by atoms with van der Waals surface area (Å²) in [6.45, 7) is 2.56. The number of methoxy groups -OCH3 is 1. The summed E-state index contributed by atoms with van der Waals surface area (Å²) in [7, 11) is 1.59. The van der Waals surface area contributed by atoms with E-state index in [-0.39, 0.29) is 18.6 Å². The molecule has 0 N–H and O–H groups in total. The largest absolute Gasteiger partial charge is 0.493 e. The van der Waals surface area contributed by atoms with Crippen molar-refractivity contribution in [2.24, 2.45) is 0 Å². The van der Waals surface area contributed by atoms with E-state index in [1.165, 1.54) is 0 Å². The SMILES string of the molecule is COc1cc(C)ccc1OCC(=O)N1CCCCC[C@H]1c1noc(-c2ccccc2)n1. The normalized spacial score (nSPS) is 16.6. The van der Waals surface area contributed by atoms with Gasteiger partial charge in [-0.15, -0.1) is 0 Å². The molecule has 1 aliphatic heterocycles. The van der Waals surface area contributed by atoms with Gasteiger partial charge in [0.05, 0.1) is 13.2 Å². The summed E-state index contributed by atoms with van der Waals surface area (Å²) >= 11 is 0. The van der Waals surface area contributed by atoms with Gasteiger partial charge in [0.25, 0.3) is 11.8 Å². The minimum atomic E-state index is -0.222. The zero-order valence-corrected chi connectivity index (χ0v) is 17.9. The summed E-state index contributed by atoms with van der Waals surface area (Å²) < 4.78 is 16.7. The molecule has 1 fully saturated rings. The minimum absolute atomic E-state index is 0.0701. The maximum atomic E-state index is 13.1. The molecular weight excluding hydrogens is 394 g/mol. The number of carbonyl (C=O) groups is 1. The van der Waals surface area contributed by atoms with E-state index in [2.05, 4.69) is 10.1 Å². The van der Waals surface area contributed by atoms with Crippen LogP contribution in [0, 0.1) is 6.92 Å². The molecule has 4 rings (SSSR count). The second kappa shape index (κ2) is 9.64. The van der Waals surface area contributed by atoms with Crippen LogP contribution in [0.25, 0.3) is 11.5 Å². The van der Waals surface area contributed by atoms with Crippen LogP contribution in [0.5, 0.6) is 11.5 Å². The molecule has 0 unspecified atom stereocenters. The van der Waals surface area contributed by atoms with Crippen LogP contribution < -0.4 is 9.47 Å². The van der Waals surface area contributed by atoms with Crippen LogP contribution in [0.4, 0.5) is 0 Å². The average Bonchev–Trinajstić information content (AvgIpc) is 3.16. The minimum Gasteiger partial charge on any atom is -0.493 e. The maximum absolute atomic E-state index is 13.1. The fraction of sp³-hybridized carbons (Fsp3) is 0.375. The van der Waals surface area contributed by atoms with Crippen LogP contribution in [0.3, 0.4) is 0 Å². The summed E-state index contributed by atoms with van der Waals surface area (Å²) in [5.74, 6) is 2.08. The number of hydrogen-bond acceptors (Lipinski definition) is 6. The lowest BCUT2D eigenvalue weighted by Gasteiger charge is -2.27. The van der Waals surface area contributed by atoms with Gasteiger partial charge in [-0.1, -0.05) is 42.3 Å². The van der Waals surface area contributed by atoms with E-state index in [4.69, 9.17) is 14.0 Å². The lowest BCUT2D eigenvalue weighted by molar-refractivity contribution is -0.136. The molecule has 1 aliphatic rings. The van der Waals surface area contributed by atoms with Crippen molar-refractivity contribution in [3.05, 3.63) is 59.9 Å². The molecule has 2 heterocycles. The molecule has 7 nitrogen and oxygen atoms in total. The van der Waals surface area contributed by atoms with E-state index in [0.29, 0.717) is 29.8 Å². The highest BCUT2D eigenvalue weighted by Crippen LogP contribution is 2.31. The molecule has 1 aromatic heterocycles. The number of nitrogens with zero attached hydrogens (tertiary/aromatic N) is 3.